The predicted molar refractivity (Wildman–Crippen MR) is 153 cm³/mol. The summed E-state index contributed by atoms with van der Waals surface area (Å²) in [4.78, 5) is 21.6. The number of hydrogen-bond acceptors (Lipinski definition) is 10. The Morgan fingerprint density at radius 3 is 2.73 bits per heavy atom. The fraction of sp³-hybridized carbons (Fsp3) is 0.138. The lowest BCUT2D eigenvalue weighted by Crippen LogP contribution is -2.36. The summed E-state index contributed by atoms with van der Waals surface area (Å²) in [6, 6.07) is 13.7. The van der Waals surface area contributed by atoms with Gasteiger partial charge in [0.05, 0.1) is 19.0 Å². The van der Waals surface area contributed by atoms with E-state index < -0.39 is 17.4 Å². The molecule has 0 aliphatic carbocycles. The van der Waals surface area contributed by atoms with Crippen LogP contribution in [0.3, 0.4) is 0 Å². The molecule has 1 spiro atoms. The Bertz CT molecular complexity index is 1890. The van der Waals surface area contributed by atoms with Gasteiger partial charge in [0.1, 0.15) is 22.6 Å². The Morgan fingerprint density at radius 1 is 1.02 bits per heavy atom. The number of amidine groups is 1. The molecule has 204 valence electrons. The van der Waals surface area contributed by atoms with E-state index in [1.807, 2.05) is 24.3 Å². The van der Waals surface area contributed by atoms with E-state index in [2.05, 4.69) is 25.3 Å². The molecule has 4 aromatic heterocycles. The Morgan fingerprint density at radius 2 is 1.90 bits per heavy atom. The first-order valence-electron chi connectivity index (χ1n) is 12.6. The van der Waals surface area contributed by atoms with Crippen molar-refractivity contribution in [1.29, 1.82) is 0 Å². The van der Waals surface area contributed by atoms with Crippen LogP contribution in [-0.2, 0) is 5.54 Å². The van der Waals surface area contributed by atoms with E-state index in [-0.39, 0.29) is 11.4 Å². The lowest BCUT2D eigenvalue weighted by Gasteiger charge is -2.39. The van der Waals surface area contributed by atoms with Crippen LogP contribution in [0.1, 0.15) is 17.5 Å². The first-order valence-corrected chi connectivity index (χ1v) is 13.6. The third kappa shape index (κ3) is 4.27. The van der Waals surface area contributed by atoms with Gasteiger partial charge in [-0.25, -0.2) is 24.9 Å². The molecule has 0 unspecified atom stereocenters. The molecule has 6 heterocycles. The van der Waals surface area contributed by atoms with E-state index in [4.69, 9.17) is 20.2 Å². The number of fused-ring (bicyclic) bond motifs is 5. The Hall–Kier alpha value is -4.84. The quantitative estimate of drug-likeness (QED) is 0.254. The lowest BCUT2D eigenvalue weighted by atomic mass is 9.78. The average molecular weight is 570 g/mol. The Labute approximate surface area is 236 Å². The van der Waals surface area contributed by atoms with Crippen LogP contribution in [0.15, 0.2) is 72.1 Å². The molecule has 0 saturated heterocycles. The van der Waals surface area contributed by atoms with Crippen LogP contribution in [0.25, 0.3) is 22.2 Å². The van der Waals surface area contributed by atoms with Gasteiger partial charge in [0.2, 0.25) is 5.95 Å². The molecule has 1 aromatic carbocycles. The molecular weight excluding hydrogens is 548 g/mol. The summed E-state index contributed by atoms with van der Waals surface area (Å²) in [5.41, 5.74) is 8.35. The smallest absolute Gasteiger partial charge is 0.256 e. The maximum absolute atomic E-state index is 15.5. The van der Waals surface area contributed by atoms with Crippen molar-refractivity contribution in [2.24, 2.45) is 10.7 Å². The van der Waals surface area contributed by atoms with E-state index in [1.54, 1.807) is 37.7 Å². The average Bonchev–Trinajstić information content (AvgIpc) is 2.98. The number of ether oxygens (including phenoxy) is 2. The van der Waals surface area contributed by atoms with Crippen LogP contribution in [0.5, 0.6) is 17.2 Å². The van der Waals surface area contributed by atoms with Crippen LogP contribution < -0.4 is 20.5 Å². The minimum Gasteiger partial charge on any atom is -0.495 e. The maximum Gasteiger partial charge on any atom is 0.256 e. The number of nitrogens with zero attached hydrogens (tertiary/aromatic N) is 5. The molecule has 2 aliphatic rings. The first-order chi connectivity index (χ1) is 19.9. The fourth-order valence-electron chi connectivity index (χ4n) is 5.24. The van der Waals surface area contributed by atoms with Crippen molar-refractivity contribution in [3.63, 3.8) is 0 Å². The Kier molecular flexibility index (Phi) is 5.93. The number of methoxy groups -OCH3 is 1. The van der Waals surface area contributed by atoms with Crippen LogP contribution in [0.4, 0.5) is 20.3 Å². The second-order valence-corrected chi connectivity index (χ2v) is 10.6. The summed E-state index contributed by atoms with van der Waals surface area (Å²) in [6.07, 6.45) is 5.15. The number of nitrogens with two attached hydrogens (primary N) is 1. The highest BCUT2D eigenvalue weighted by atomic mass is 32.2. The topological polar surface area (TPSA) is 120 Å². The molecule has 2 aliphatic heterocycles. The zero-order valence-electron chi connectivity index (χ0n) is 21.6. The number of pyridine rings is 4. The van der Waals surface area contributed by atoms with Gasteiger partial charge >= 0.3 is 0 Å². The SMILES string of the molecule is COc1cnc2c(Nc3ccc4c(c3)[C@@]3(CCSC(N)=N3)c3cc(-c5ccnc(F)c5)nc(F)c3O4)nccc2c1. The zero-order chi connectivity index (χ0) is 28.1. The van der Waals surface area contributed by atoms with Gasteiger partial charge in [0.25, 0.3) is 5.95 Å². The van der Waals surface area contributed by atoms with E-state index in [0.717, 1.165) is 5.39 Å². The van der Waals surface area contributed by atoms with Gasteiger partial charge in [0.15, 0.2) is 16.7 Å². The highest BCUT2D eigenvalue weighted by Gasteiger charge is 2.46. The van der Waals surface area contributed by atoms with Crippen molar-refractivity contribution < 1.29 is 18.3 Å². The highest BCUT2D eigenvalue weighted by Crippen LogP contribution is 2.54. The third-order valence-electron chi connectivity index (χ3n) is 7.12. The number of aliphatic imine (C=N–C) groups is 1. The van der Waals surface area contributed by atoms with Gasteiger partial charge < -0.3 is 20.5 Å². The highest BCUT2D eigenvalue weighted by molar-refractivity contribution is 8.13. The summed E-state index contributed by atoms with van der Waals surface area (Å²) >= 11 is 1.43. The second-order valence-electron chi connectivity index (χ2n) is 9.50. The van der Waals surface area contributed by atoms with Gasteiger partial charge in [-0.05, 0) is 48.9 Å². The number of anilines is 2. The molecule has 1 atom stereocenters. The van der Waals surface area contributed by atoms with Crippen molar-refractivity contribution in [2.75, 3.05) is 18.2 Å². The standard InChI is InChI=1S/C29H21F2N7O2S/c1-39-18-10-16-5-8-34-27(24(16)35-14-18)36-17-2-3-22-19(12-17)29(6-9-41-28(32)38-29)20-13-21(37-26(31)25(20)40-22)15-4-7-33-23(30)11-15/h2-5,7-8,10-14H,6,9H2,1H3,(H2,32,38)(H,34,36)/t29-/m0/s1. The summed E-state index contributed by atoms with van der Waals surface area (Å²) in [6.45, 7) is 0. The zero-order valence-corrected chi connectivity index (χ0v) is 22.4. The third-order valence-corrected chi connectivity index (χ3v) is 7.92. The summed E-state index contributed by atoms with van der Waals surface area (Å²) < 4.78 is 40.9. The maximum atomic E-state index is 15.5. The Balaban J connectivity index is 1.37. The summed E-state index contributed by atoms with van der Waals surface area (Å²) in [5, 5.41) is 4.59. The number of aromatic nitrogens is 4. The fourth-order valence-corrected chi connectivity index (χ4v) is 6.07. The molecular formula is C29H21F2N7O2S. The number of rotatable bonds is 4. The van der Waals surface area contributed by atoms with Crippen molar-refractivity contribution in [3.8, 4) is 28.5 Å². The van der Waals surface area contributed by atoms with E-state index in [0.29, 0.717) is 62.6 Å². The van der Waals surface area contributed by atoms with Crippen molar-refractivity contribution in [3.05, 3.63) is 90.1 Å². The molecule has 0 radical (unpaired) electrons. The molecule has 0 saturated carbocycles. The van der Waals surface area contributed by atoms with Crippen LogP contribution in [0.2, 0.25) is 0 Å². The molecule has 9 nitrogen and oxygen atoms in total. The second kappa shape index (κ2) is 9.66. The first kappa shape index (κ1) is 25.1. The largest absolute Gasteiger partial charge is 0.495 e. The monoisotopic (exact) mass is 569 g/mol. The van der Waals surface area contributed by atoms with Crippen LogP contribution in [-0.4, -0.2) is 38.0 Å². The number of nitrogens with one attached hydrogen (secondary N) is 1. The van der Waals surface area contributed by atoms with Gasteiger partial charge in [0, 0.05) is 52.0 Å². The molecule has 3 N–H and O–H groups in total. The summed E-state index contributed by atoms with van der Waals surface area (Å²) in [5.74, 6) is 0.720. The van der Waals surface area contributed by atoms with Crippen molar-refractivity contribution in [2.45, 2.75) is 12.0 Å². The molecule has 12 heteroatoms. The van der Waals surface area contributed by atoms with Crippen molar-refractivity contribution >= 4 is 39.3 Å². The minimum absolute atomic E-state index is 0.0335. The van der Waals surface area contributed by atoms with Crippen LogP contribution in [0, 0.1) is 11.9 Å². The van der Waals surface area contributed by atoms with E-state index >= 15 is 4.39 Å². The van der Waals surface area contributed by atoms with Gasteiger partial charge in [-0.3, -0.25) is 0 Å². The summed E-state index contributed by atoms with van der Waals surface area (Å²) in [7, 11) is 1.59. The number of hydrogen-bond donors (Lipinski definition) is 2. The molecule has 0 amide bonds. The van der Waals surface area contributed by atoms with Gasteiger partial charge in [-0.1, -0.05) is 11.8 Å². The number of benzene rings is 1. The number of halogens is 2. The van der Waals surface area contributed by atoms with Gasteiger partial charge in [-0.2, -0.15) is 8.78 Å². The molecule has 0 bridgehead atoms. The minimum atomic E-state index is -1.06. The normalized spacial score (nSPS) is 17.4. The predicted octanol–water partition coefficient (Wildman–Crippen LogP) is 5.92. The molecule has 7 rings (SSSR count). The van der Waals surface area contributed by atoms with E-state index in [9.17, 15) is 4.39 Å². The van der Waals surface area contributed by atoms with E-state index in [1.165, 1.54) is 24.0 Å². The number of thioether (sulfide) groups is 1. The lowest BCUT2D eigenvalue weighted by molar-refractivity contribution is 0.362. The van der Waals surface area contributed by atoms with Gasteiger partial charge in [-0.15, -0.1) is 0 Å². The molecule has 5 aromatic rings. The molecule has 41 heavy (non-hydrogen) atoms. The molecule has 0 fully saturated rings. The van der Waals surface area contributed by atoms with Crippen LogP contribution >= 0.6 is 11.8 Å². The van der Waals surface area contributed by atoms with Crippen molar-refractivity contribution in [1.82, 2.24) is 19.9 Å².